The second kappa shape index (κ2) is 7.59. The van der Waals surface area contributed by atoms with Crippen molar-refractivity contribution in [3.05, 3.63) is 65.2 Å². The van der Waals surface area contributed by atoms with Crippen LogP contribution >= 0.6 is 0 Å². The summed E-state index contributed by atoms with van der Waals surface area (Å²) in [4.78, 5) is 0. The van der Waals surface area contributed by atoms with E-state index in [1.54, 1.807) is 0 Å². The zero-order valence-electron chi connectivity index (χ0n) is 14.8. The standard InChI is InChI=1S/C22H26O3/c1-16(19-9-11-20(12-10-19)23-14-22-15-25-22)18-7-5-17(6-8-18)3-2-4-21-13-24-21/h5-12,16,21-22H,2-4,13-15H2,1H3. The maximum absolute atomic E-state index is 5.71. The first kappa shape index (κ1) is 16.6. The Morgan fingerprint density at radius 1 is 0.920 bits per heavy atom. The Kier molecular flexibility index (Phi) is 5.04. The summed E-state index contributed by atoms with van der Waals surface area (Å²) in [5, 5.41) is 0. The Hall–Kier alpha value is -1.84. The van der Waals surface area contributed by atoms with Crippen molar-refractivity contribution in [1.82, 2.24) is 0 Å². The minimum atomic E-state index is 0.300. The highest BCUT2D eigenvalue weighted by Crippen LogP contribution is 2.27. The molecule has 2 aromatic rings. The van der Waals surface area contributed by atoms with Crippen LogP contribution in [-0.2, 0) is 15.9 Å². The lowest BCUT2D eigenvalue weighted by Gasteiger charge is -2.14. The van der Waals surface area contributed by atoms with Gasteiger partial charge in [0.05, 0.1) is 19.3 Å². The Balaban J connectivity index is 1.31. The van der Waals surface area contributed by atoms with Gasteiger partial charge in [-0.05, 0) is 48.1 Å². The molecule has 132 valence electrons. The molecule has 0 bridgehead atoms. The van der Waals surface area contributed by atoms with Crippen LogP contribution in [0.15, 0.2) is 48.5 Å². The number of ether oxygens (including phenoxy) is 3. The van der Waals surface area contributed by atoms with Crippen LogP contribution in [0.2, 0.25) is 0 Å². The Morgan fingerprint density at radius 3 is 2.12 bits per heavy atom. The third kappa shape index (κ3) is 4.83. The molecule has 0 aromatic heterocycles. The van der Waals surface area contributed by atoms with E-state index in [1.165, 1.54) is 29.5 Å². The van der Waals surface area contributed by atoms with Gasteiger partial charge in [-0.25, -0.2) is 0 Å². The number of aryl methyl sites for hydroxylation is 1. The van der Waals surface area contributed by atoms with Crippen molar-refractivity contribution in [3.8, 4) is 5.75 Å². The number of hydrogen-bond acceptors (Lipinski definition) is 3. The van der Waals surface area contributed by atoms with Crippen molar-refractivity contribution in [3.63, 3.8) is 0 Å². The van der Waals surface area contributed by atoms with E-state index in [9.17, 15) is 0 Å². The van der Waals surface area contributed by atoms with Crippen molar-refractivity contribution in [2.75, 3.05) is 19.8 Å². The first-order valence-corrected chi connectivity index (χ1v) is 9.33. The van der Waals surface area contributed by atoms with Gasteiger partial charge in [0.1, 0.15) is 18.5 Å². The molecule has 3 heteroatoms. The molecule has 2 fully saturated rings. The van der Waals surface area contributed by atoms with Crippen LogP contribution in [0.5, 0.6) is 5.75 Å². The molecule has 0 radical (unpaired) electrons. The normalized spacial score (nSPS) is 22.4. The van der Waals surface area contributed by atoms with Gasteiger partial charge in [-0.3, -0.25) is 0 Å². The molecular formula is C22H26O3. The van der Waals surface area contributed by atoms with Gasteiger partial charge in [0.25, 0.3) is 0 Å². The minimum absolute atomic E-state index is 0.300. The van der Waals surface area contributed by atoms with Gasteiger partial charge in [0, 0.05) is 5.92 Å². The molecule has 0 saturated carbocycles. The third-order valence-corrected chi connectivity index (χ3v) is 5.09. The fourth-order valence-electron chi connectivity index (χ4n) is 3.14. The average Bonchev–Trinajstić information content (AvgIpc) is 3.55. The Labute approximate surface area is 149 Å². The van der Waals surface area contributed by atoms with Crippen molar-refractivity contribution in [2.45, 2.75) is 44.3 Å². The van der Waals surface area contributed by atoms with Crippen LogP contribution in [-0.4, -0.2) is 32.0 Å². The van der Waals surface area contributed by atoms with Crippen LogP contribution in [0.3, 0.4) is 0 Å². The third-order valence-electron chi connectivity index (χ3n) is 5.09. The molecule has 2 aromatic carbocycles. The molecule has 2 saturated heterocycles. The summed E-state index contributed by atoms with van der Waals surface area (Å²) in [5.41, 5.74) is 4.09. The van der Waals surface area contributed by atoms with Gasteiger partial charge in [0.2, 0.25) is 0 Å². The minimum Gasteiger partial charge on any atom is -0.491 e. The van der Waals surface area contributed by atoms with Crippen LogP contribution in [0.25, 0.3) is 0 Å². The van der Waals surface area contributed by atoms with E-state index in [2.05, 4.69) is 55.5 Å². The summed E-state index contributed by atoms with van der Waals surface area (Å²) >= 11 is 0. The van der Waals surface area contributed by atoms with E-state index in [0.29, 0.717) is 24.7 Å². The second-order valence-corrected chi connectivity index (χ2v) is 7.15. The van der Waals surface area contributed by atoms with Gasteiger partial charge in [-0.1, -0.05) is 43.3 Å². The molecule has 3 unspecified atom stereocenters. The van der Waals surface area contributed by atoms with E-state index >= 15 is 0 Å². The van der Waals surface area contributed by atoms with Crippen molar-refractivity contribution in [1.29, 1.82) is 0 Å². The van der Waals surface area contributed by atoms with Gasteiger partial charge in [-0.15, -0.1) is 0 Å². The van der Waals surface area contributed by atoms with Crippen LogP contribution in [0.1, 0.15) is 42.4 Å². The summed E-state index contributed by atoms with van der Waals surface area (Å²) in [6.45, 7) is 4.71. The topological polar surface area (TPSA) is 34.3 Å². The highest BCUT2D eigenvalue weighted by Gasteiger charge is 2.23. The summed E-state index contributed by atoms with van der Waals surface area (Å²) in [6, 6.07) is 17.5. The molecule has 3 atom stereocenters. The number of rotatable bonds is 9. The van der Waals surface area contributed by atoms with Gasteiger partial charge in [0.15, 0.2) is 0 Å². The first-order valence-electron chi connectivity index (χ1n) is 9.33. The van der Waals surface area contributed by atoms with E-state index < -0.39 is 0 Å². The largest absolute Gasteiger partial charge is 0.491 e. The molecule has 2 aliphatic heterocycles. The average molecular weight is 338 g/mol. The summed E-state index contributed by atoms with van der Waals surface area (Å²) in [6.07, 6.45) is 4.40. The van der Waals surface area contributed by atoms with E-state index in [-0.39, 0.29) is 0 Å². The molecule has 0 aliphatic carbocycles. The van der Waals surface area contributed by atoms with Gasteiger partial charge in [-0.2, -0.15) is 0 Å². The van der Waals surface area contributed by atoms with Crippen molar-refractivity contribution in [2.24, 2.45) is 0 Å². The van der Waals surface area contributed by atoms with E-state index in [1.807, 2.05) is 0 Å². The van der Waals surface area contributed by atoms with Crippen LogP contribution in [0.4, 0.5) is 0 Å². The van der Waals surface area contributed by atoms with E-state index in [0.717, 1.165) is 25.4 Å². The molecule has 2 aliphatic rings. The van der Waals surface area contributed by atoms with E-state index in [4.69, 9.17) is 14.2 Å². The molecule has 4 rings (SSSR count). The van der Waals surface area contributed by atoms with Gasteiger partial charge < -0.3 is 14.2 Å². The molecular weight excluding hydrogens is 312 g/mol. The molecule has 2 heterocycles. The monoisotopic (exact) mass is 338 g/mol. The summed E-state index contributed by atoms with van der Waals surface area (Å²) in [7, 11) is 0. The first-order chi connectivity index (χ1) is 12.3. The summed E-state index contributed by atoms with van der Waals surface area (Å²) < 4.78 is 16.1. The van der Waals surface area contributed by atoms with Crippen LogP contribution < -0.4 is 4.74 Å². The number of hydrogen-bond donors (Lipinski definition) is 0. The lowest BCUT2D eigenvalue weighted by atomic mass is 9.92. The fourth-order valence-corrected chi connectivity index (χ4v) is 3.14. The Bertz CT molecular complexity index is 669. The lowest BCUT2D eigenvalue weighted by Crippen LogP contribution is -2.04. The maximum Gasteiger partial charge on any atom is 0.119 e. The Morgan fingerprint density at radius 2 is 1.52 bits per heavy atom. The van der Waals surface area contributed by atoms with Gasteiger partial charge >= 0.3 is 0 Å². The lowest BCUT2D eigenvalue weighted by molar-refractivity contribution is 0.263. The fraction of sp³-hybridized carbons (Fsp3) is 0.455. The molecule has 25 heavy (non-hydrogen) atoms. The summed E-state index contributed by atoms with van der Waals surface area (Å²) in [5.74, 6) is 1.30. The zero-order chi connectivity index (χ0) is 17.1. The van der Waals surface area contributed by atoms with Crippen LogP contribution in [0, 0.1) is 0 Å². The highest BCUT2D eigenvalue weighted by atomic mass is 16.6. The second-order valence-electron chi connectivity index (χ2n) is 7.15. The maximum atomic E-state index is 5.71. The van der Waals surface area contributed by atoms with Crippen molar-refractivity contribution >= 4 is 0 Å². The molecule has 3 nitrogen and oxygen atoms in total. The predicted octanol–water partition coefficient (Wildman–Crippen LogP) is 4.34. The zero-order valence-corrected chi connectivity index (χ0v) is 14.8. The number of benzene rings is 2. The molecule has 0 amide bonds. The highest BCUT2D eigenvalue weighted by molar-refractivity contribution is 5.36. The van der Waals surface area contributed by atoms with Crippen molar-refractivity contribution < 1.29 is 14.2 Å². The molecule has 0 spiro atoms. The SMILES string of the molecule is CC(c1ccc(CCCC2CO2)cc1)c1ccc(OCC2CO2)cc1. The number of epoxide rings is 2. The quantitative estimate of drug-likeness (QED) is 0.638. The predicted molar refractivity (Wildman–Crippen MR) is 98.3 cm³/mol. The smallest absolute Gasteiger partial charge is 0.119 e. The molecule has 0 N–H and O–H groups in total.